The number of thioether (sulfide) groups is 1. The van der Waals surface area contributed by atoms with Crippen molar-refractivity contribution in [2.24, 2.45) is 0 Å². The van der Waals surface area contributed by atoms with Crippen molar-refractivity contribution in [1.82, 2.24) is 5.32 Å². The highest BCUT2D eigenvalue weighted by molar-refractivity contribution is 8.00. The van der Waals surface area contributed by atoms with Crippen LogP contribution in [-0.4, -0.2) is 22.6 Å². The third-order valence-corrected chi connectivity index (χ3v) is 4.15. The maximum Gasteiger partial charge on any atom is 0.284 e. The lowest BCUT2D eigenvalue weighted by Crippen LogP contribution is -2.34. The average molecular weight is 313 g/mol. The van der Waals surface area contributed by atoms with Crippen molar-refractivity contribution in [2.45, 2.75) is 23.8 Å². The summed E-state index contributed by atoms with van der Waals surface area (Å²) in [5.74, 6) is 0.0341. The molecular weight excluding hydrogens is 300 g/mol. The average Bonchev–Trinajstić information content (AvgIpc) is 2.90. The largest absolute Gasteiger partial charge is 0.352 e. The predicted molar refractivity (Wildman–Crippen MR) is 79.1 cm³/mol. The molecule has 2 rings (SSSR count). The number of hydrogen-bond acceptors (Lipinski definition) is 4. The Morgan fingerprint density at radius 1 is 1.45 bits per heavy atom. The third kappa shape index (κ3) is 3.98. The Balaban J connectivity index is 1.93. The van der Waals surface area contributed by atoms with E-state index in [9.17, 15) is 14.9 Å². The Labute approximate surface area is 125 Å². The zero-order chi connectivity index (χ0) is 14.5. The van der Waals surface area contributed by atoms with E-state index in [0.717, 1.165) is 24.6 Å². The number of nitrogens with zero attached hydrogens (tertiary/aromatic N) is 1. The van der Waals surface area contributed by atoms with Crippen LogP contribution < -0.4 is 5.32 Å². The quantitative estimate of drug-likeness (QED) is 0.392. The SMILES string of the molecule is O=C(CSc1ccc(Cl)cc1[N+](=O)[O-])NC1CC=CC1. The Morgan fingerprint density at radius 2 is 2.15 bits per heavy atom. The van der Waals surface area contributed by atoms with Gasteiger partial charge in [-0.2, -0.15) is 0 Å². The van der Waals surface area contributed by atoms with Crippen LogP contribution in [0, 0.1) is 10.1 Å². The second kappa shape index (κ2) is 6.76. The minimum atomic E-state index is -0.493. The Bertz CT molecular complexity index is 555. The molecule has 1 N–H and O–H groups in total. The van der Waals surface area contributed by atoms with E-state index in [1.165, 1.54) is 6.07 Å². The van der Waals surface area contributed by atoms with E-state index in [2.05, 4.69) is 5.32 Å². The summed E-state index contributed by atoms with van der Waals surface area (Å²) in [5.41, 5.74) is -0.0715. The molecule has 0 spiro atoms. The molecule has 0 saturated carbocycles. The topological polar surface area (TPSA) is 72.2 Å². The molecule has 1 aromatic carbocycles. The minimum absolute atomic E-state index is 0.0715. The Hall–Kier alpha value is -1.53. The highest BCUT2D eigenvalue weighted by Crippen LogP contribution is 2.31. The number of halogens is 1. The smallest absolute Gasteiger partial charge is 0.284 e. The fraction of sp³-hybridized carbons (Fsp3) is 0.308. The van der Waals surface area contributed by atoms with Gasteiger partial charge in [-0.25, -0.2) is 0 Å². The zero-order valence-electron chi connectivity index (χ0n) is 10.5. The lowest BCUT2D eigenvalue weighted by molar-refractivity contribution is -0.387. The molecule has 1 aliphatic carbocycles. The Kier molecular flexibility index (Phi) is 5.03. The lowest BCUT2D eigenvalue weighted by atomic mass is 10.2. The van der Waals surface area contributed by atoms with Gasteiger partial charge >= 0.3 is 0 Å². The number of amides is 1. The summed E-state index contributed by atoms with van der Waals surface area (Å²) in [4.78, 5) is 22.6. The van der Waals surface area contributed by atoms with Gasteiger partial charge in [0.05, 0.1) is 15.6 Å². The van der Waals surface area contributed by atoms with Gasteiger partial charge < -0.3 is 5.32 Å². The van der Waals surface area contributed by atoms with Crippen molar-refractivity contribution in [1.29, 1.82) is 0 Å². The molecule has 1 aliphatic rings. The van der Waals surface area contributed by atoms with E-state index in [0.29, 0.717) is 9.92 Å². The number of nitro groups is 1. The first-order valence-corrected chi connectivity index (χ1v) is 7.43. The molecule has 0 heterocycles. The standard InChI is InChI=1S/C13H13ClN2O3S/c14-9-5-6-12(11(7-9)16(18)19)20-8-13(17)15-10-3-1-2-4-10/h1-2,5-7,10H,3-4,8H2,(H,15,17). The van der Waals surface area contributed by atoms with Gasteiger partial charge in [0.2, 0.25) is 5.91 Å². The van der Waals surface area contributed by atoms with Gasteiger partial charge in [0.1, 0.15) is 0 Å². The van der Waals surface area contributed by atoms with Crippen molar-refractivity contribution in [3.63, 3.8) is 0 Å². The number of nitrogens with one attached hydrogen (secondary N) is 1. The van der Waals surface area contributed by atoms with Crippen LogP contribution in [0.3, 0.4) is 0 Å². The molecule has 0 fully saturated rings. The highest BCUT2D eigenvalue weighted by atomic mass is 35.5. The second-order valence-electron chi connectivity index (χ2n) is 4.37. The van der Waals surface area contributed by atoms with Gasteiger partial charge in [0.15, 0.2) is 0 Å². The first-order valence-electron chi connectivity index (χ1n) is 6.07. The van der Waals surface area contributed by atoms with Gasteiger partial charge in [-0.1, -0.05) is 23.8 Å². The summed E-state index contributed by atoms with van der Waals surface area (Å²) in [5, 5.41) is 14.1. The monoisotopic (exact) mass is 312 g/mol. The molecule has 1 amide bonds. The van der Waals surface area contributed by atoms with Crippen molar-refractivity contribution in [3.05, 3.63) is 45.5 Å². The van der Waals surface area contributed by atoms with Crippen molar-refractivity contribution in [2.75, 3.05) is 5.75 Å². The van der Waals surface area contributed by atoms with E-state index in [4.69, 9.17) is 11.6 Å². The summed E-state index contributed by atoms with van der Waals surface area (Å²) in [6, 6.07) is 4.59. The molecule has 0 aliphatic heterocycles. The van der Waals surface area contributed by atoms with Crippen molar-refractivity contribution in [3.8, 4) is 0 Å². The maximum absolute atomic E-state index is 11.8. The van der Waals surface area contributed by atoms with E-state index in [1.54, 1.807) is 12.1 Å². The predicted octanol–water partition coefficient (Wildman–Crippen LogP) is 3.18. The number of carbonyl (C=O) groups excluding carboxylic acids is 1. The Morgan fingerprint density at radius 3 is 2.80 bits per heavy atom. The molecular formula is C13H13ClN2O3S. The van der Waals surface area contributed by atoms with E-state index in [1.807, 2.05) is 12.2 Å². The number of rotatable bonds is 5. The van der Waals surface area contributed by atoms with Crippen molar-refractivity contribution >= 4 is 35.0 Å². The second-order valence-corrected chi connectivity index (χ2v) is 5.82. The van der Waals surface area contributed by atoms with Gasteiger partial charge in [-0.3, -0.25) is 14.9 Å². The molecule has 0 saturated heterocycles. The van der Waals surface area contributed by atoms with E-state index < -0.39 is 4.92 Å². The molecule has 7 heteroatoms. The van der Waals surface area contributed by atoms with Crippen molar-refractivity contribution < 1.29 is 9.72 Å². The third-order valence-electron chi connectivity index (χ3n) is 2.85. The number of carbonyl (C=O) groups is 1. The van der Waals surface area contributed by atoms with Crippen LogP contribution in [0.5, 0.6) is 0 Å². The van der Waals surface area contributed by atoms with Crippen LogP contribution >= 0.6 is 23.4 Å². The van der Waals surface area contributed by atoms with Crippen LogP contribution in [0.2, 0.25) is 5.02 Å². The number of hydrogen-bond donors (Lipinski definition) is 1. The molecule has 5 nitrogen and oxygen atoms in total. The zero-order valence-corrected chi connectivity index (χ0v) is 12.1. The summed E-state index contributed by atoms with van der Waals surface area (Å²) in [6.07, 6.45) is 5.75. The van der Waals surface area contributed by atoms with Crippen LogP contribution in [0.25, 0.3) is 0 Å². The lowest BCUT2D eigenvalue weighted by Gasteiger charge is -2.11. The number of nitro benzene ring substituents is 1. The molecule has 20 heavy (non-hydrogen) atoms. The summed E-state index contributed by atoms with van der Waals surface area (Å²) in [6.45, 7) is 0. The van der Waals surface area contributed by atoms with Gasteiger partial charge in [0.25, 0.3) is 5.69 Å². The molecule has 0 radical (unpaired) electrons. The molecule has 106 valence electrons. The fourth-order valence-corrected chi connectivity index (χ4v) is 2.88. The highest BCUT2D eigenvalue weighted by Gasteiger charge is 2.17. The summed E-state index contributed by atoms with van der Waals surface area (Å²) in [7, 11) is 0. The first kappa shape index (κ1) is 14.9. The maximum atomic E-state index is 11.8. The summed E-state index contributed by atoms with van der Waals surface area (Å²) < 4.78 is 0. The molecule has 0 bridgehead atoms. The van der Waals surface area contributed by atoms with Gasteiger partial charge in [-0.05, 0) is 25.0 Å². The number of benzene rings is 1. The van der Waals surface area contributed by atoms with Crippen LogP contribution in [0.15, 0.2) is 35.2 Å². The molecule has 1 aromatic rings. The van der Waals surface area contributed by atoms with E-state index in [-0.39, 0.29) is 23.4 Å². The normalized spacial score (nSPS) is 14.4. The minimum Gasteiger partial charge on any atom is -0.352 e. The first-order chi connectivity index (χ1) is 9.56. The molecule has 0 aromatic heterocycles. The summed E-state index contributed by atoms with van der Waals surface area (Å²) >= 11 is 6.88. The van der Waals surface area contributed by atoms with Gasteiger partial charge in [-0.15, -0.1) is 11.8 Å². The van der Waals surface area contributed by atoms with Gasteiger partial charge in [0, 0.05) is 17.1 Å². The fourth-order valence-electron chi connectivity index (χ4n) is 1.90. The van der Waals surface area contributed by atoms with Crippen LogP contribution in [-0.2, 0) is 4.79 Å². The molecule has 0 atom stereocenters. The van der Waals surface area contributed by atoms with Crippen LogP contribution in [0.4, 0.5) is 5.69 Å². The molecule has 0 unspecified atom stereocenters. The van der Waals surface area contributed by atoms with Crippen LogP contribution in [0.1, 0.15) is 12.8 Å². The van der Waals surface area contributed by atoms with E-state index >= 15 is 0 Å².